The molecule has 1 atom stereocenters. The molecule has 1 aromatic heterocycles. The molecule has 1 aliphatic rings. The molecule has 7 aromatic carbocycles. The molecule has 2 heterocycles. The van der Waals surface area contributed by atoms with E-state index in [9.17, 15) is 0 Å². The van der Waals surface area contributed by atoms with Gasteiger partial charge >= 0.3 is 0 Å². The third-order valence-electron chi connectivity index (χ3n) is 9.38. The molecule has 8 aromatic rings. The molecule has 1 aliphatic heterocycles. The Morgan fingerprint density at radius 3 is 1.22 bits per heavy atom. The van der Waals surface area contributed by atoms with Crippen molar-refractivity contribution in [1.82, 2.24) is 20.3 Å². The van der Waals surface area contributed by atoms with E-state index in [0.29, 0.717) is 23.3 Å². The zero-order valence-electron chi connectivity index (χ0n) is 29.3. The predicted octanol–water partition coefficient (Wildman–Crippen LogP) is 10.7. The van der Waals surface area contributed by atoms with Gasteiger partial charge in [0, 0.05) is 27.8 Å². The molecule has 256 valence electrons. The third kappa shape index (κ3) is 6.96. The lowest BCUT2D eigenvalue weighted by Crippen LogP contribution is -2.33. The minimum absolute atomic E-state index is 0.259. The number of aromatic nitrogens is 3. The lowest BCUT2D eigenvalue weighted by atomic mass is 9.96. The second-order valence-electron chi connectivity index (χ2n) is 13.0. The molecule has 0 fully saturated rings. The molecular formula is C48H34N6. The van der Waals surface area contributed by atoms with Crippen molar-refractivity contribution in [3.8, 4) is 56.4 Å². The van der Waals surface area contributed by atoms with Gasteiger partial charge in [-0.2, -0.15) is 0 Å². The van der Waals surface area contributed by atoms with E-state index in [0.717, 1.165) is 61.5 Å². The second kappa shape index (κ2) is 14.7. The highest BCUT2D eigenvalue weighted by atomic mass is 15.2. The third-order valence-corrected chi connectivity index (χ3v) is 9.38. The molecule has 54 heavy (non-hydrogen) atoms. The molecule has 0 amide bonds. The molecule has 0 saturated heterocycles. The molecule has 0 radical (unpaired) electrons. The van der Waals surface area contributed by atoms with Crippen molar-refractivity contribution in [2.45, 2.75) is 6.17 Å². The van der Waals surface area contributed by atoms with E-state index in [1.807, 2.05) is 97.1 Å². The summed E-state index contributed by atoms with van der Waals surface area (Å²) in [4.78, 5) is 24.8. The number of nitrogens with one attached hydrogen (secondary N) is 1. The standard InChI is InChI=1S/C48H34N6/c1-5-16-33(17-6-1)43-49-44(34-18-7-2-8-19-34)52-47(51-43)41-28-14-26-39(31-41)37-24-13-25-38(30-37)40-27-15-29-42(32-40)48-53-45(35-20-9-3-10-21-35)50-46(54-48)36-22-11-4-12-23-36/h1-32,43H,(H,49,51,52). The lowest BCUT2D eigenvalue weighted by Gasteiger charge is -2.24. The topological polar surface area (TPSA) is 75.4 Å². The molecule has 9 rings (SSSR count). The van der Waals surface area contributed by atoms with Gasteiger partial charge in [0.05, 0.1) is 0 Å². The largest absolute Gasteiger partial charge is 0.344 e. The maximum atomic E-state index is 5.03. The van der Waals surface area contributed by atoms with Crippen LogP contribution in [0.1, 0.15) is 22.9 Å². The maximum Gasteiger partial charge on any atom is 0.164 e. The van der Waals surface area contributed by atoms with Gasteiger partial charge < -0.3 is 5.32 Å². The van der Waals surface area contributed by atoms with E-state index in [-0.39, 0.29) is 6.17 Å². The number of aliphatic imine (C=N–C) groups is 2. The van der Waals surface area contributed by atoms with E-state index in [1.165, 1.54) is 0 Å². The Hall–Kier alpha value is -7.31. The van der Waals surface area contributed by atoms with Crippen molar-refractivity contribution in [2.24, 2.45) is 9.98 Å². The fourth-order valence-electron chi connectivity index (χ4n) is 6.62. The monoisotopic (exact) mass is 694 g/mol. The Bertz CT molecular complexity index is 2560. The summed E-state index contributed by atoms with van der Waals surface area (Å²) in [7, 11) is 0. The van der Waals surface area contributed by atoms with Gasteiger partial charge in [0.25, 0.3) is 0 Å². The van der Waals surface area contributed by atoms with Crippen molar-refractivity contribution in [3.05, 3.63) is 211 Å². The summed E-state index contributed by atoms with van der Waals surface area (Å²) in [5.74, 6) is 3.39. The van der Waals surface area contributed by atoms with Crippen LogP contribution in [-0.4, -0.2) is 26.6 Å². The molecule has 6 heteroatoms. The minimum Gasteiger partial charge on any atom is -0.344 e. The molecule has 0 aliphatic carbocycles. The van der Waals surface area contributed by atoms with Gasteiger partial charge in [-0.3, -0.25) is 0 Å². The van der Waals surface area contributed by atoms with Gasteiger partial charge in [0.2, 0.25) is 0 Å². The number of benzene rings is 7. The van der Waals surface area contributed by atoms with Crippen LogP contribution in [0.25, 0.3) is 56.4 Å². The van der Waals surface area contributed by atoms with Crippen LogP contribution in [0.3, 0.4) is 0 Å². The average molecular weight is 695 g/mol. The highest BCUT2D eigenvalue weighted by Crippen LogP contribution is 2.31. The van der Waals surface area contributed by atoms with Crippen LogP contribution < -0.4 is 5.32 Å². The first kappa shape index (κ1) is 32.6. The van der Waals surface area contributed by atoms with Crippen LogP contribution >= 0.6 is 0 Å². The number of nitrogens with zero attached hydrogens (tertiary/aromatic N) is 5. The molecule has 0 spiro atoms. The van der Waals surface area contributed by atoms with E-state index in [4.69, 9.17) is 24.9 Å². The zero-order valence-corrected chi connectivity index (χ0v) is 29.3. The Labute approximate surface area is 314 Å². The van der Waals surface area contributed by atoms with E-state index < -0.39 is 0 Å². The fraction of sp³-hybridized carbons (Fsp3) is 0.0208. The van der Waals surface area contributed by atoms with Gasteiger partial charge in [0.1, 0.15) is 12.0 Å². The lowest BCUT2D eigenvalue weighted by molar-refractivity contribution is 0.674. The molecule has 6 nitrogen and oxygen atoms in total. The Kier molecular flexibility index (Phi) is 8.89. The van der Waals surface area contributed by atoms with Crippen LogP contribution in [0.15, 0.2) is 204 Å². The first-order valence-corrected chi connectivity index (χ1v) is 18.0. The molecule has 0 bridgehead atoms. The smallest absolute Gasteiger partial charge is 0.164 e. The van der Waals surface area contributed by atoms with Crippen LogP contribution in [0, 0.1) is 0 Å². The SMILES string of the molecule is c1ccc(C2=NC(c3ccccc3)NC(c3cccc(-c4cccc(-c5cccc(-c6nc(-c7ccccc7)nc(-c7ccccc7)n6)c5)c4)c3)=N2)cc1. The minimum atomic E-state index is -0.259. The molecule has 1 N–H and O–H groups in total. The van der Waals surface area contributed by atoms with E-state index in [1.54, 1.807) is 0 Å². The molecule has 1 unspecified atom stereocenters. The Balaban J connectivity index is 1.05. The summed E-state index contributed by atoms with van der Waals surface area (Å²) in [6.45, 7) is 0. The van der Waals surface area contributed by atoms with Crippen molar-refractivity contribution < 1.29 is 0 Å². The maximum absolute atomic E-state index is 5.03. The fourth-order valence-corrected chi connectivity index (χ4v) is 6.62. The van der Waals surface area contributed by atoms with Crippen molar-refractivity contribution >= 4 is 11.7 Å². The number of hydrogen-bond acceptors (Lipinski definition) is 6. The second-order valence-corrected chi connectivity index (χ2v) is 13.0. The summed E-state index contributed by atoms with van der Waals surface area (Å²) >= 11 is 0. The summed E-state index contributed by atoms with van der Waals surface area (Å²) in [5.41, 5.74) is 10.2. The van der Waals surface area contributed by atoms with Crippen molar-refractivity contribution in [2.75, 3.05) is 0 Å². The summed E-state index contributed by atoms with van der Waals surface area (Å²) in [6, 6.07) is 66.1. The van der Waals surface area contributed by atoms with Crippen molar-refractivity contribution in [3.63, 3.8) is 0 Å². The van der Waals surface area contributed by atoms with Gasteiger partial charge in [0.15, 0.2) is 23.3 Å². The quantitative estimate of drug-likeness (QED) is 0.172. The van der Waals surface area contributed by atoms with Gasteiger partial charge in [-0.1, -0.05) is 176 Å². The first-order valence-electron chi connectivity index (χ1n) is 18.0. The normalized spacial score (nSPS) is 13.7. The summed E-state index contributed by atoms with van der Waals surface area (Å²) < 4.78 is 0. The highest BCUT2D eigenvalue weighted by Gasteiger charge is 2.21. The van der Waals surface area contributed by atoms with Crippen LogP contribution in [0.4, 0.5) is 0 Å². The van der Waals surface area contributed by atoms with Crippen LogP contribution in [0.5, 0.6) is 0 Å². The van der Waals surface area contributed by atoms with Crippen molar-refractivity contribution in [1.29, 1.82) is 0 Å². The number of amidine groups is 2. The average Bonchev–Trinajstić information content (AvgIpc) is 3.27. The van der Waals surface area contributed by atoms with E-state index >= 15 is 0 Å². The molecular weight excluding hydrogens is 661 g/mol. The summed E-state index contributed by atoms with van der Waals surface area (Å²) in [5, 5.41) is 3.60. The summed E-state index contributed by atoms with van der Waals surface area (Å²) in [6.07, 6.45) is -0.259. The zero-order chi connectivity index (χ0) is 36.1. The first-order chi connectivity index (χ1) is 26.7. The van der Waals surface area contributed by atoms with Gasteiger partial charge in [-0.15, -0.1) is 0 Å². The number of hydrogen-bond donors (Lipinski definition) is 1. The van der Waals surface area contributed by atoms with Crippen LogP contribution in [0.2, 0.25) is 0 Å². The molecule has 0 saturated carbocycles. The van der Waals surface area contributed by atoms with Gasteiger partial charge in [-0.05, 0) is 46.0 Å². The number of rotatable bonds is 8. The Morgan fingerprint density at radius 1 is 0.333 bits per heavy atom. The van der Waals surface area contributed by atoms with Gasteiger partial charge in [-0.25, -0.2) is 24.9 Å². The Morgan fingerprint density at radius 2 is 0.704 bits per heavy atom. The van der Waals surface area contributed by atoms with E-state index in [2.05, 4.69) is 102 Å². The highest BCUT2D eigenvalue weighted by molar-refractivity contribution is 6.13. The predicted molar refractivity (Wildman–Crippen MR) is 219 cm³/mol. The van der Waals surface area contributed by atoms with Crippen LogP contribution in [-0.2, 0) is 0 Å².